The van der Waals surface area contributed by atoms with Gasteiger partial charge in [-0.1, -0.05) is 32.0 Å². The molecule has 0 bridgehead atoms. The Morgan fingerprint density at radius 3 is 2.42 bits per heavy atom. The number of pyridine rings is 1. The minimum Gasteiger partial charge on any atom is -0.484 e. The van der Waals surface area contributed by atoms with E-state index in [1.807, 2.05) is 13.8 Å². The Labute approximate surface area is 278 Å². The number of nitrogens with zero attached hydrogens (tertiary/aromatic N) is 1. The molecule has 3 aliphatic rings. The molecule has 12 nitrogen and oxygen atoms in total. The van der Waals surface area contributed by atoms with Gasteiger partial charge in [-0.15, -0.1) is 0 Å². The number of ether oxygens (including phenoxy) is 3. The predicted octanol–water partition coefficient (Wildman–Crippen LogP) is 4.60. The van der Waals surface area contributed by atoms with E-state index in [1.54, 1.807) is 43.5 Å². The average Bonchev–Trinajstić information content (AvgIpc) is 3.03. The maximum Gasteiger partial charge on any atom is 0.345 e. The Bertz CT molecular complexity index is 1880. The molecule has 8 atom stereocenters. The zero-order valence-electron chi connectivity index (χ0n) is 27.4. The molecule has 0 radical (unpaired) electrons. The summed E-state index contributed by atoms with van der Waals surface area (Å²) in [6.45, 7) is 7.89. The molecule has 13 heteroatoms. The lowest BCUT2D eigenvalue weighted by Crippen LogP contribution is -2.71. The summed E-state index contributed by atoms with van der Waals surface area (Å²) in [5.74, 6) is -2.34. The van der Waals surface area contributed by atoms with Crippen molar-refractivity contribution in [3.05, 3.63) is 76.9 Å². The zero-order chi connectivity index (χ0) is 34.6. The molecule has 2 unspecified atom stereocenters. The highest BCUT2D eigenvalue weighted by atomic mass is 32.2. The van der Waals surface area contributed by atoms with Crippen LogP contribution in [0.1, 0.15) is 65.5 Å². The molecule has 6 rings (SSSR count). The van der Waals surface area contributed by atoms with E-state index in [2.05, 4.69) is 4.98 Å². The van der Waals surface area contributed by atoms with Gasteiger partial charge in [-0.05, 0) is 61.8 Å². The minimum absolute atomic E-state index is 0.0420. The number of hydrogen-bond donors (Lipinski definition) is 1. The fourth-order valence-corrected chi connectivity index (χ4v) is 9.78. The number of rotatable bonds is 7. The van der Waals surface area contributed by atoms with Crippen molar-refractivity contribution in [3.63, 3.8) is 0 Å². The summed E-state index contributed by atoms with van der Waals surface area (Å²) in [6, 6.07) is 12.6. The number of carbonyl (C=O) groups excluding carboxylic acids is 2. The van der Waals surface area contributed by atoms with Crippen molar-refractivity contribution in [2.45, 2.75) is 82.7 Å². The summed E-state index contributed by atoms with van der Waals surface area (Å²) < 4.78 is 57.4. The molecule has 2 fully saturated rings. The van der Waals surface area contributed by atoms with E-state index >= 15 is 0 Å². The summed E-state index contributed by atoms with van der Waals surface area (Å²) >= 11 is 0. The Morgan fingerprint density at radius 2 is 1.77 bits per heavy atom. The van der Waals surface area contributed by atoms with Gasteiger partial charge in [0.25, 0.3) is 10.1 Å². The van der Waals surface area contributed by atoms with Crippen molar-refractivity contribution in [1.82, 2.24) is 4.98 Å². The number of aliphatic hydroxyl groups excluding tert-OH is 1. The van der Waals surface area contributed by atoms with E-state index < -0.39 is 74.3 Å². The highest BCUT2D eigenvalue weighted by molar-refractivity contribution is 7.86. The van der Waals surface area contributed by atoms with Gasteiger partial charge in [-0.25, -0.2) is 4.79 Å². The molecule has 2 saturated carbocycles. The normalized spacial score (nSPS) is 32.5. The van der Waals surface area contributed by atoms with Gasteiger partial charge in [0.1, 0.15) is 41.5 Å². The molecule has 1 aromatic carbocycles. The van der Waals surface area contributed by atoms with Crippen molar-refractivity contribution in [2.24, 2.45) is 22.7 Å². The number of carbonyl (C=O) groups is 2. The first-order valence-corrected chi connectivity index (χ1v) is 17.3. The molecule has 3 heterocycles. The first-order chi connectivity index (χ1) is 22.6. The van der Waals surface area contributed by atoms with E-state index in [0.29, 0.717) is 18.4 Å². The van der Waals surface area contributed by atoms with Gasteiger partial charge in [0, 0.05) is 49.2 Å². The lowest BCUT2D eigenvalue weighted by molar-refractivity contribution is -0.262. The van der Waals surface area contributed by atoms with Gasteiger partial charge in [-0.2, -0.15) is 8.42 Å². The lowest BCUT2D eigenvalue weighted by atomic mass is 9.42. The van der Waals surface area contributed by atoms with Crippen molar-refractivity contribution >= 4 is 22.1 Å². The summed E-state index contributed by atoms with van der Waals surface area (Å²) in [5.41, 5.74) is -3.82. The van der Waals surface area contributed by atoms with Crippen molar-refractivity contribution < 1.29 is 45.9 Å². The van der Waals surface area contributed by atoms with Crippen LogP contribution in [-0.2, 0) is 33.4 Å². The SMILES string of the molecule is CC(=O)OC[C@@]1(C)C2C[C@H](OS(=O)(=O)c3ccccc3)[C@@]3(C)Oc4cc(-c5cccnc5)oc(=O)c4[C@H](O)C3[C@@]2(C)CC[C@@H]1OC(C)=O. The van der Waals surface area contributed by atoms with E-state index in [-0.39, 0.29) is 35.0 Å². The van der Waals surface area contributed by atoms with Gasteiger partial charge in [-0.3, -0.25) is 18.8 Å². The number of aromatic nitrogens is 1. The molecule has 0 amide bonds. The van der Waals surface area contributed by atoms with Gasteiger partial charge >= 0.3 is 17.6 Å². The Balaban J connectivity index is 1.53. The molecule has 0 spiro atoms. The monoisotopic (exact) mass is 681 g/mol. The number of aliphatic hydroxyl groups is 1. The Kier molecular flexibility index (Phi) is 8.54. The second-order valence-corrected chi connectivity index (χ2v) is 15.3. The number of hydrogen-bond acceptors (Lipinski definition) is 12. The standard InChI is InChI=1S/C35H39NO11S/c1-20(37)43-19-34(4)26-17-28(47-48(41,42)23-11-7-6-8-12-23)35(5)31(33(26,3)14-13-27(34)44-21(2)38)30(39)29-25(46-35)16-24(45-32(29)40)22-10-9-15-36-18-22/h6-12,15-16,18,26-28,30-31,39H,13-14,17,19H2,1-5H3/t26?,27-,28-,30-,31?,33-,34-,35+/m0/s1. The molecule has 1 aliphatic heterocycles. The van der Waals surface area contributed by atoms with Crippen LogP contribution in [0.25, 0.3) is 11.3 Å². The van der Waals surface area contributed by atoms with Gasteiger partial charge in [0.05, 0.1) is 11.0 Å². The maximum absolute atomic E-state index is 13.8. The summed E-state index contributed by atoms with van der Waals surface area (Å²) in [4.78, 5) is 42.0. The average molecular weight is 682 g/mol. The van der Waals surface area contributed by atoms with E-state index in [0.717, 1.165) is 0 Å². The first kappa shape index (κ1) is 33.8. The molecule has 3 aromatic rings. The van der Waals surface area contributed by atoms with Gasteiger partial charge in [0.15, 0.2) is 0 Å². The second kappa shape index (κ2) is 12.1. The van der Waals surface area contributed by atoms with Crippen LogP contribution in [-0.4, -0.2) is 54.9 Å². The van der Waals surface area contributed by atoms with Crippen LogP contribution in [0.15, 0.2) is 75.0 Å². The smallest absolute Gasteiger partial charge is 0.345 e. The third-order valence-corrected chi connectivity index (χ3v) is 12.0. The third-order valence-electron chi connectivity index (χ3n) is 10.7. The molecule has 0 saturated heterocycles. The predicted molar refractivity (Wildman–Crippen MR) is 170 cm³/mol. The summed E-state index contributed by atoms with van der Waals surface area (Å²) in [5, 5.41) is 12.3. The summed E-state index contributed by atoms with van der Waals surface area (Å²) in [7, 11) is -4.38. The van der Waals surface area contributed by atoms with E-state index in [9.17, 15) is 27.9 Å². The summed E-state index contributed by atoms with van der Waals surface area (Å²) in [6.07, 6.45) is 0.511. The van der Waals surface area contributed by atoms with Crippen LogP contribution in [0.2, 0.25) is 0 Å². The quantitative estimate of drug-likeness (QED) is 0.272. The van der Waals surface area contributed by atoms with Crippen LogP contribution in [0, 0.1) is 22.7 Å². The van der Waals surface area contributed by atoms with Crippen LogP contribution >= 0.6 is 0 Å². The minimum atomic E-state index is -4.38. The Morgan fingerprint density at radius 1 is 1.04 bits per heavy atom. The van der Waals surface area contributed by atoms with Crippen molar-refractivity contribution in [2.75, 3.05) is 6.61 Å². The number of esters is 2. The highest BCUT2D eigenvalue weighted by Gasteiger charge is 2.71. The fraction of sp³-hybridized carbons (Fsp3) is 0.486. The fourth-order valence-electron chi connectivity index (χ4n) is 8.60. The zero-order valence-corrected chi connectivity index (χ0v) is 28.2. The molecule has 256 valence electrons. The van der Waals surface area contributed by atoms with Crippen molar-refractivity contribution in [3.8, 4) is 17.1 Å². The van der Waals surface area contributed by atoms with Crippen LogP contribution in [0.3, 0.4) is 0 Å². The second-order valence-electron chi connectivity index (χ2n) is 13.7. The molecule has 1 N–H and O–H groups in total. The molecule has 48 heavy (non-hydrogen) atoms. The maximum atomic E-state index is 13.8. The largest absolute Gasteiger partial charge is 0.484 e. The molecular weight excluding hydrogens is 642 g/mol. The molecular formula is C35H39NO11S. The van der Waals surface area contributed by atoms with Crippen LogP contribution in [0.5, 0.6) is 5.75 Å². The number of benzene rings is 1. The number of fused-ring (bicyclic) bond motifs is 4. The van der Waals surface area contributed by atoms with Crippen molar-refractivity contribution in [1.29, 1.82) is 0 Å². The molecule has 2 aromatic heterocycles. The molecule has 2 aliphatic carbocycles. The van der Waals surface area contributed by atoms with Crippen LogP contribution < -0.4 is 10.4 Å². The van der Waals surface area contributed by atoms with E-state index in [4.69, 9.17) is 22.8 Å². The van der Waals surface area contributed by atoms with E-state index in [1.165, 1.54) is 38.2 Å². The first-order valence-electron chi connectivity index (χ1n) is 15.8. The highest BCUT2D eigenvalue weighted by Crippen LogP contribution is 2.67. The van der Waals surface area contributed by atoms with Gasteiger partial charge < -0.3 is 23.7 Å². The Hall–Kier alpha value is -4.07. The van der Waals surface area contributed by atoms with Gasteiger partial charge in [0.2, 0.25) is 0 Å². The topological polar surface area (TPSA) is 169 Å². The third kappa shape index (κ3) is 5.61. The lowest BCUT2D eigenvalue weighted by Gasteiger charge is -2.66. The van der Waals surface area contributed by atoms with Crippen LogP contribution in [0.4, 0.5) is 0 Å².